The van der Waals surface area contributed by atoms with E-state index in [9.17, 15) is 8.78 Å². The zero-order valence-electron chi connectivity index (χ0n) is 12.5. The molecule has 1 aromatic rings. The highest BCUT2D eigenvalue weighted by molar-refractivity contribution is 5.36. The van der Waals surface area contributed by atoms with Crippen LogP contribution >= 0.6 is 0 Å². The van der Waals surface area contributed by atoms with E-state index in [1.165, 1.54) is 6.42 Å². The van der Waals surface area contributed by atoms with Crippen molar-refractivity contribution >= 4 is 0 Å². The quantitative estimate of drug-likeness (QED) is 0.905. The van der Waals surface area contributed by atoms with E-state index < -0.39 is 6.61 Å². The van der Waals surface area contributed by atoms with Crippen LogP contribution in [0.5, 0.6) is 5.75 Å². The fourth-order valence-electron chi connectivity index (χ4n) is 3.03. The van der Waals surface area contributed by atoms with Crippen molar-refractivity contribution in [3.63, 3.8) is 0 Å². The van der Waals surface area contributed by atoms with Crippen molar-refractivity contribution in [1.82, 2.24) is 4.90 Å². The van der Waals surface area contributed by atoms with Crippen molar-refractivity contribution in [1.29, 1.82) is 0 Å². The summed E-state index contributed by atoms with van der Waals surface area (Å²) in [6, 6.07) is 6.91. The van der Waals surface area contributed by atoms with Gasteiger partial charge >= 0.3 is 6.61 Å². The van der Waals surface area contributed by atoms with Crippen LogP contribution in [0.25, 0.3) is 0 Å². The van der Waals surface area contributed by atoms with Gasteiger partial charge in [-0.2, -0.15) is 8.78 Å². The third-order valence-corrected chi connectivity index (χ3v) is 4.21. The van der Waals surface area contributed by atoms with E-state index in [4.69, 9.17) is 5.73 Å². The highest BCUT2D eigenvalue weighted by Crippen LogP contribution is 2.32. The average molecular weight is 298 g/mol. The van der Waals surface area contributed by atoms with Gasteiger partial charge in [-0.05, 0) is 44.3 Å². The van der Waals surface area contributed by atoms with Gasteiger partial charge in [-0.15, -0.1) is 0 Å². The summed E-state index contributed by atoms with van der Waals surface area (Å²) in [6.45, 7) is 1.75. The molecule has 0 bridgehead atoms. The molecule has 1 aromatic carbocycles. The zero-order chi connectivity index (χ0) is 15.2. The zero-order valence-corrected chi connectivity index (χ0v) is 12.5. The first-order chi connectivity index (χ1) is 10.1. The van der Waals surface area contributed by atoms with Gasteiger partial charge in [0, 0.05) is 12.1 Å². The number of nitrogens with two attached hydrogens (primary N) is 1. The number of benzene rings is 1. The fraction of sp³-hybridized carbons (Fsp3) is 0.625. The molecule has 1 heterocycles. The average Bonchev–Trinajstić information content (AvgIpc) is 2.66. The van der Waals surface area contributed by atoms with Crippen LogP contribution in [-0.4, -0.2) is 31.1 Å². The summed E-state index contributed by atoms with van der Waals surface area (Å²) in [5.74, 6) is 0.946. The van der Waals surface area contributed by atoms with E-state index in [0.29, 0.717) is 12.5 Å². The molecule has 3 nitrogen and oxygen atoms in total. The standard InChI is InChI=1S/C16H24F2N2O/c1-12-5-4-9-20(10-8-12)14(11-19)13-6-2-3-7-15(13)21-16(17)18/h2-3,6-7,12,14,16H,4-5,8-11,19H2,1H3. The highest BCUT2D eigenvalue weighted by atomic mass is 19.3. The highest BCUT2D eigenvalue weighted by Gasteiger charge is 2.25. The third kappa shape index (κ3) is 4.38. The SMILES string of the molecule is CC1CCCN(C(CN)c2ccccc2OC(F)F)CC1. The molecule has 2 unspecified atom stereocenters. The monoisotopic (exact) mass is 298 g/mol. The normalized spacial score (nSPS) is 22.0. The van der Waals surface area contributed by atoms with Crippen molar-refractivity contribution in [3.8, 4) is 5.75 Å². The lowest BCUT2D eigenvalue weighted by Gasteiger charge is -2.31. The van der Waals surface area contributed by atoms with Crippen LogP contribution in [0.15, 0.2) is 24.3 Å². The number of hydrogen-bond donors (Lipinski definition) is 1. The van der Waals surface area contributed by atoms with Crippen LogP contribution < -0.4 is 10.5 Å². The molecule has 2 rings (SSSR count). The lowest BCUT2D eigenvalue weighted by molar-refractivity contribution is -0.0511. The summed E-state index contributed by atoms with van der Waals surface area (Å²) in [6.07, 6.45) is 3.45. The minimum Gasteiger partial charge on any atom is -0.434 e. The number of para-hydroxylation sites is 1. The van der Waals surface area contributed by atoms with E-state index in [2.05, 4.69) is 16.6 Å². The van der Waals surface area contributed by atoms with Crippen LogP contribution in [0, 0.1) is 5.92 Å². The summed E-state index contributed by atoms with van der Waals surface area (Å²) in [4.78, 5) is 2.30. The number of ether oxygens (including phenoxy) is 1. The molecular weight excluding hydrogens is 274 g/mol. The second-order valence-electron chi connectivity index (χ2n) is 5.74. The topological polar surface area (TPSA) is 38.5 Å². The summed E-state index contributed by atoms with van der Waals surface area (Å²) in [5.41, 5.74) is 6.70. The van der Waals surface area contributed by atoms with Crippen LogP contribution in [0.3, 0.4) is 0 Å². The van der Waals surface area contributed by atoms with Crippen LogP contribution in [0.4, 0.5) is 8.78 Å². The summed E-state index contributed by atoms with van der Waals surface area (Å²) in [7, 11) is 0. The number of alkyl halides is 2. The van der Waals surface area contributed by atoms with Crippen molar-refractivity contribution in [2.75, 3.05) is 19.6 Å². The van der Waals surface area contributed by atoms with Gasteiger partial charge in [0.05, 0.1) is 6.04 Å². The Bertz CT molecular complexity index is 442. The van der Waals surface area contributed by atoms with Gasteiger partial charge in [-0.25, -0.2) is 0 Å². The van der Waals surface area contributed by atoms with E-state index in [0.717, 1.165) is 31.5 Å². The Morgan fingerprint density at radius 1 is 1.29 bits per heavy atom. The second kappa shape index (κ2) is 7.71. The predicted octanol–water partition coefficient (Wildman–Crippen LogP) is 3.41. The maximum atomic E-state index is 12.6. The molecule has 0 saturated carbocycles. The van der Waals surface area contributed by atoms with Gasteiger partial charge in [0.2, 0.25) is 0 Å². The molecular formula is C16H24F2N2O. The maximum Gasteiger partial charge on any atom is 0.387 e. The molecule has 0 spiro atoms. The molecule has 2 atom stereocenters. The molecule has 0 amide bonds. The summed E-state index contributed by atoms with van der Waals surface area (Å²) in [5, 5.41) is 0. The van der Waals surface area contributed by atoms with Crippen molar-refractivity contribution in [2.24, 2.45) is 11.7 Å². The minimum absolute atomic E-state index is 0.0646. The lowest BCUT2D eigenvalue weighted by Crippen LogP contribution is -2.35. The Kier molecular flexibility index (Phi) is 5.94. The number of hydrogen-bond acceptors (Lipinski definition) is 3. The molecule has 1 aliphatic heterocycles. The van der Waals surface area contributed by atoms with Gasteiger partial charge in [0.25, 0.3) is 0 Å². The Labute approximate surface area is 125 Å². The maximum absolute atomic E-state index is 12.6. The van der Waals surface area contributed by atoms with Crippen LogP contribution in [-0.2, 0) is 0 Å². The third-order valence-electron chi connectivity index (χ3n) is 4.21. The largest absolute Gasteiger partial charge is 0.434 e. The minimum atomic E-state index is -2.81. The van der Waals surface area contributed by atoms with E-state index >= 15 is 0 Å². The lowest BCUT2D eigenvalue weighted by atomic mass is 10.0. The first-order valence-electron chi connectivity index (χ1n) is 7.59. The molecule has 118 valence electrons. The van der Waals surface area contributed by atoms with Crippen LogP contribution in [0.1, 0.15) is 37.8 Å². The molecule has 0 aromatic heterocycles. The number of halogens is 2. The number of nitrogens with zero attached hydrogens (tertiary/aromatic N) is 1. The van der Waals surface area contributed by atoms with Gasteiger partial charge in [0.1, 0.15) is 5.75 Å². The Balaban J connectivity index is 2.20. The Morgan fingerprint density at radius 3 is 2.76 bits per heavy atom. The molecule has 21 heavy (non-hydrogen) atoms. The molecule has 1 saturated heterocycles. The van der Waals surface area contributed by atoms with Gasteiger partial charge < -0.3 is 10.5 Å². The van der Waals surface area contributed by atoms with Crippen LogP contribution in [0.2, 0.25) is 0 Å². The molecule has 0 aliphatic carbocycles. The van der Waals surface area contributed by atoms with Crippen molar-refractivity contribution in [2.45, 2.75) is 38.8 Å². The van der Waals surface area contributed by atoms with E-state index in [-0.39, 0.29) is 11.8 Å². The smallest absolute Gasteiger partial charge is 0.387 e. The summed E-state index contributed by atoms with van der Waals surface area (Å²) < 4.78 is 29.8. The Morgan fingerprint density at radius 2 is 2.05 bits per heavy atom. The van der Waals surface area contributed by atoms with Gasteiger partial charge in [0.15, 0.2) is 0 Å². The number of rotatable bonds is 5. The molecule has 1 aliphatic rings. The second-order valence-corrected chi connectivity index (χ2v) is 5.74. The molecule has 2 N–H and O–H groups in total. The van der Waals surface area contributed by atoms with Crippen molar-refractivity contribution < 1.29 is 13.5 Å². The predicted molar refractivity (Wildman–Crippen MR) is 79.5 cm³/mol. The van der Waals surface area contributed by atoms with Gasteiger partial charge in [-0.1, -0.05) is 25.1 Å². The van der Waals surface area contributed by atoms with Gasteiger partial charge in [-0.3, -0.25) is 4.90 Å². The number of likely N-dealkylation sites (tertiary alicyclic amines) is 1. The summed E-state index contributed by atoms with van der Waals surface area (Å²) >= 11 is 0. The molecule has 1 fully saturated rings. The first-order valence-corrected chi connectivity index (χ1v) is 7.59. The van der Waals surface area contributed by atoms with E-state index in [1.54, 1.807) is 12.1 Å². The fourth-order valence-corrected chi connectivity index (χ4v) is 3.03. The molecule has 0 radical (unpaired) electrons. The molecule has 5 heteroatoms. The Hall–Kier alpha value is -1.20. The first kappa shape index (κ1) is 16.2. The van der Waals surface area contributed by atoms with Crippen molar-refractivity contribution in [3.05, 3.63) is 29.8 Å². The van der Waals surface area contributed by atoms with E-state index in [1.807, 2.05) is 12.1 Å².